The van der Waals surface area contributed by atoms with Crippen LogP contribution in [0.2, 0.25) is 0 Å². The number of anilines is 1. The second kappa shape index (κ2) is 9.76. The van der Waals surface area contributed by atoms with E-state index in [1.165, 1.54) is 16.9 Å². The maximum atomic E-state index is 14.0. The maximum Gasteiger partial charge on any atom is 0.246 e. The highest BCUT2D eigenvalue weighted by Gasteiger charge is 2.57. The Balaban J connectivity index is 1.42. The Bertz CT molecular complexity index is 1180. The topological polar surface area (TPSA) is 87.2 Å². The van der Waals surface area contributed by atoms with Gasteiger partial charge >= 0.3 is 0 Å². The zero-order chi connectivity index (χ0) is 25.3. The van der Waals surface area contributed by atoms with Gasteiger partial charge in [0.25, 0.3) is 0 Å². The van der Waals surface area contributed by atoms with E-state index in [0.29, 0.717) is 24.4 Å². The van der Waals surface area contributed by atoms with Crippen molar-refractivity contribution in [1.82, 2.24) is 9.80 Å². The number of carbonyl (C=O) groups is 4. The summed E-state index contributed by atoms with van der Waals surface area (Å²) in [6.07, 6.45) is 3.30. The summed E-state index contributed by atoms with van der Waals surface area (Å²) in [7, 11) is 1.52. The van der Waals surface area contributed by atoms with Crippen LogP contribution in [0.1, 0.15) is 44.1 Å². The van der Waals surface area contributed by atoms with Gasteiger partial charge in [-0.1, -0.05) is 49.2 Å². The van der Waals surface area contributed by atoms with Gasteiger partial charge in [0.2, 0.25) is 23.6 Å². The minimum absolute atomic E-state index is 0.0653. The Labute approximate surface area is 210 Å². The highest BCUT2D eigenvalue weighted by atomic mass is 16.5. The molecular formula is C28H31N3O5. The molecule has 8 heteroatoms. The minimum Gasteiger partial charge on any atom is -0.496 e. The lowest BCUT2D eigenvalue weighted by atomic mass is 9.75. The standard InChI is InChI=1S/C28H31N3O5/c1-36-23-14-8-7-13-22(23)28(18-25(33)31(27(28)35)21-11-5-6-12-21)17-24(32)29-15-16-30(26(34)19-29)20-9-3-2-4-10-20/h2-4,7-10,13-14,21H,5-6,11-12,15-19H2,1H3. The second-order valence-corrected chi connectivity index (χ2v) is 9.84. The minimum atomic E-state index is -1.34. The van der Waals surface area contributed by atoms with E-state index >= 15 is 0 Å². The first-order chi connectivity index (χ1) is 17.4. The number of imide groups is 1. The van der Waals surface area contributed by atoms with Crippen LogP contribution in [0.25, 0.3) is 0 Å². The number of hydrogen-bond acceptors (Lipinski definition) is 5. The first-order valence-electron chi connectivity index (χ1n) is 12.6. The van der Waals surface area contributed by atoms with Gasteiger partial charge in [-0.2, -0.15) is 0 Å². The first-order valence-corrected chi connectivity index (χ1v) is 12.6. The molecule has 2 aromatic rings. The van der Waals surface area contributed by atoms with Crippen LogP contribution < -0.4 is 9.64 Å². The van der Waals surface area contributed by atoms with Crippen molar-refractivity contribution >= 4 is 29.3 Å². The normalized spacial score (nSPS) is 23.0. The van der Waals surface area contributed by atoms with Gasteiger partial charge in [0.05, 0.1) is 12.5 Å². The lowest BCUT2D eigenvalue weighted by molar-refractivity contribution is -0.145. The number of nitrogens with zero attached hydrogens (tertiary/aromatic N) is 3. The molecule has 2 heterocycles. The molecule has 2 saturated heterocycles. The molecule has 0 aromatic heterocycles. The molecule has 1 saturated carbocycles. The van der Waals surface area contributed by atoms with Crippen molar-refractivity contribution in [1.29, 1.82) is 0 Å². The molecule has 0 radical (unpaired) electrons. The molecule has 5 rings (SSSR count). The van der Waals surface area contributed by atoms with Crippen molar-refractivity contribution in [3.63, 3.8) is 0 Å². The van der Waals surface area contributed by atoms with Crippen molar-refractivity contribution in [2.45, 2.75) is 50.0 Å². The van der Waals surface area contributed by atoms with Crippen LogP contribution in [-0.2, 0) is 24.6 Å². The van der Waals surface area contributed by atoms with E-state index in [0.717, 1.165) is 31.4 Å². The third-order valence-electron chi connectivity index (χ3n) is 7.76. The van der Waals surface area contributed by atoms with E-state index in [-0.39, 0.29) is 49.1 Å². The summed E-state index contributed by atoms with van der Waals surface area (Å²) in [5, 5.41) is 0. The number of amides is 4. The first kappa shape index (κ1) is 24.0. The quantitative estimate of drug-likeness (QED) is 0.583. The van der Waals surface area contributed by atoms with Crippen molar-refractivity contribution in [2.75, 3.05) is 31.6 Å². The van der Waals surface area contributed by atoms with Gasteiger partial charge in [0.1, 0.15) is 12.3 Å². The van der Waals surface area contributed by atoms with E-state index in [2.05, 4.69) is 0 Å². The predicted molar refractivity (Wildman–Crippen MR) is 133 cm³/mol. The fraction of sp³-hybridized carbons (Fsp3) is 0.429. The van der Waals surface area contributed by atoms with E-state index < -0.39 is 5.41 Å². The van der Waals surface area contributed by atoms with Crippen LogP contribution in [-0.4, -0.2) is 66.2 Å². The monoisotopic (exact) mass is 489 g/mol. The van der Waals surface area contributed by atoms with Crippen LogP contribution in [0, 0.1) is 0 Å². The molecule has 1 atom stereocenters. The Morgan fingerprint density at radius 2 is 1.64 bits per heavy atom. The number of para-hydroxylation sites is 2. The summed E-state index contributed by atoms with van der Waals surface area (Å²) < 4.78 is 5.57. The summed E-state index contributed by atoms with van der Waals surface area (Å²) in [5.74, 6) is -0.572. The largest absolute Gasteiger partial charge is 0.496 e. The van der Waals surface area contributed by atoms with E-state index in [1.807, 2.05) is 30.3 Å². The van der Waals surface area contributed by atoms with Gasteiger partial charge < -0.3 is 14.5 Å². The lowest BCUT2D eigenvalue weighted by Gasteiger charge is -2.36. The molecule has 4 amide bonds. The lowest BCUT2D eigenvalue weighted by Crippen LogP contribution is -2.54. The van der Waals surface area contributed by atoms with Crippen molar-refractivity contribution in [2.24, 2.45) is 0 Å². The third-order valence-corrected chi connectivity index (χ3v) is 7.76. The number of carbonyl (C=O) groups excluding carboxylic acids is 4. The molecule has 188 valence electrons. The van der Waals surface area contributed by atoms with Crippen LogP contribution in [0.3, 0.4) is 0 Å². The summed E-state index contributed by atoms with van der Waals surface area (Å²) in [6, 6.07) is 16.4. The molecule has 0 bridgehead atoms. The molecular weight excluding hydrogens is 458 g/mol. The second-order valence-electron chi connectivity index (χ2n) is 9.84. The third kappa shape index (κ3) is 4.14. The highest BCUT2D eigenvalue weighted by molar-refractivity contribution is 6.11. The number of hydrogen-bond donors (Lipinski definition) is 0. The van der Waals surface area contributed by atoms with Crippen LogP contribution in [0.5, 0.6) is 5.75 Å². The van der Waals surface area contributed by atoms with Crippen LogP contribution >= 0.6 is 0 Å². The number of benzene rings is 2. The Morgan fingerprint density at radius 3 is 2.33 bits per heavy atom. The average molecular weight is 490 g/mol. The molecule has 3 aliphatic rings. The fourth-order valence-corrected chi connectivity index (χ4v) is 5.92. The van der Waals surface area contributed by atoms with Gasteiger partial charge in [0.15, 0.2) is 0 Å². The highest BCUT2D eigenvalue weighted by Crippen LogP contribution is 2.46. The summed E-state index contributed by atoms with van der Waals surface area (Å²) in [5.41, 5.74) is 0.000920. The molecule has 1 aliphatic carbocycles. The fourth-order valence-electron chi connectivity index (χ4n) is 5.92. The molecule has 2 aromatic carbocycles. The molecule has 0 spiro atoms. The zero-order valence-electron chi connectivity index (χ0n) is 20.5. The SMILES string of the molecule is COc1ccccc1C1(CC(=O)N2CCN(c3ccccc3)C(=O)C2)CC(=O)N(C2CCCC2)C1=O. The molecule has 36 heavy (non-hydrogen) atoms. The smallest absolute Gasteiger partial charge is 0.246 e. The average Bonchev–Trinajstić information content (AvgIpc) is 3.50. The van der Waals surface area contributed by atoms with Crippen molar-refractivity contribution in [3.8, 4) is 5.75 Å². The summed E-state index contributed by atoms with van der Waals surface area (Å²) >= 11 is 0. The number of methoxy groups -OCH3 is 1. The van der Waals surface area contributed by atoms with Gasteiger partial charge in [-0.3, -0.25) is 24.1 Å². The molecule has 1 unspecified atom stereocenters. The molecule has 3 fully saturated rings. The summed E-state index contributed by atoms with van der Waals surface area (Å²) in [4.78, 5) is 58.4. The van der Waals surface area contributed by atoms with Gasteiger partial charge in [-0.25, -0.2) is 0 Å². The van der Waals surface area contributed by atoms with Crippen molar-refractivity contribution in [3.05, 3.63) is 60.2 Å². The maximum absolute atomic E-state index is 14.0. The number of rotatable bonds is 6. The van der Waals surface area contributed by atoms with Gasteiger partial charge in [-0.05, 0) is 31.0 Å². The molecule has 8 nitrogen and oxygen atoms in total. The molecule has 2 aliphatic heterocycles. The Morgan fingerprint density at radius 1 is 0.944 bits per heavy atom. The summed E-state index contributed by atoms with van der Waals surface area (Å²) in [6.45, 7) is 0.664. The van der Waals surface area contributed by atoms with Gasteiger partial charge in [-0.15, -0.1) is 0 Å². The van der Waals surface area contributed by atoms with Crippen molar-refractivity contribution < 1.29 is 23.9 Å². The predicted octanol–water partition coefficient (Wildman–Crippen LogP) is 2.90. The number of likely N-dealkylation sites (tertiary alicyclic amines) is 1. The Kier molecular flexibility index (Phi) is 6.51. The van der Waals surface area contributed by atoms with Crippen LogP contribution in [0.15, 0.2) is 54.6 Å². The van der Waals surface area contributed by atoms with Crippen LogP contribution in [0.4, 0.5) is 5.69 Å². The number of piperazine rings is 1. The van der Waals surface area contributed by atoms with E-state index in [9.17, 15) is 19.2 Å². The van der Waals surface area contributed by atoms with E-state index in [1.54, 1.807) is 29.2 Å². The zero-order valence-corrected chi connectivity index (χ0v) is 20.5. The number of ether oxygens (including phenoxy) is 1. The van der Waals surface area contributed by atoms with E-state index in [4.69, 9.17) is 4.74 Å². The van der Waals surface area contributed by atoms with Gasteiger partial charge in [0, 0.05) is 43.2 Å². The Hall–Kier alpha value is -3.68. The molecule has 0 N–H and O–H groups in total.